The van der Waals surface area contributed by atoms with E-state index in [1.54, 1.807) is 19.0 Å². The van der Waals surface area contributed by atoms with Crippen LogP contribution in [0, 0.1) is 11.8 Å². The SMILES string of the molecule is CNC(=O)CCN(C)C(=O)C1C(C)CCCC1N. The molecule has 3 unspecified atom stereocenters. The fraction of sp³-hybridized carbons (Fsp3) is 0.846. The number of nitrogens with one attached hydrogen (secondary N) is 1. The fourth-order valence-electron chi connectivity index (χ4n) is 2.64. The van der Waals surface area contributed by atoms with Gasteiger partial charge in [0, 0.05) is 33.1 Å². The van der Waals surface area contributed by atoms with Crippen LogP contribution in [0.5, 0.6) is 0 Å². The Morgan fingerprint density at radius 3 is 2.61 bits per heavy atom. The third-order valence-electron chi connectivity index (χ3n) is 3.89. The largest absolute Gasteiger partial charge is 0.359 e. The van der Waals surface area contributed by atoms with E-state index >= 15 is 0 Å². The molecule has 0 saturated heterocycles. The Balaban J connectivity index is 2.53. The molecule has 0 aromatic heterocycles. The third-order valence-corrected chi connectivity index (χ3v) is 3.89. The van der Waals surface area contributed by atoms with Crippen LogP contribution in [0.25, 0.3) is 0 Å². The van der Waals surface area contributed by atoms with E-state index in [9.17, 15) is 9.59 Å². The van der Waals surface area contributed by atoms with E-state index in [1.807, 2.05) is 0 Å². The van der Waals surface area contributed by atoms with Gasteiger partial charge in [-0.25, -0.2) is 0 Å². The fourth-order valence-corrected chi connectivity index (χ4v) is 2.64. The van der Waals surface area contributed by atoms with Crippen molar-refractivity contribution in [3.05, 3.63) is 0 Å². The first-order valence-corrected chi connectivity index (χ1v) is 6.68. The summed E-state index contributed by atoms with van der Waals surface area (Å²) in [6.45, 7) is 2.54. The van der Waals surface area contributed by atoms with Gasteiger partial charge < -0.3 is 16.0 Å². The lowest BCUT2D eigenvalue weighted by molar-refractivity contribution is -0.138. The van der Waals surface area contributed by atoms with E-state index in [0.717, 1.165) is 19.3 Å². The highest BCUT2D eigenvalue weighted by atomic mass is 16.2. The number of amides is 2. The van der Waals surface area contributed by atoms with Gasteiger partial charge in [-0.2, -0.15) is 0 Å². The standard InChI is InChI=1S/C13H25N3O2/c1-9-5-4-6-10(14)12(9)13(18)16(3)8-7-11(17)15-2/h9-10,12H,4-8,14H2,1-3H3,(H,15,17). The van der Waals surface area contributed by atoms with Crippen molar-refractivity contribution >= 4 is 11.8 Å². The van der Waals surface area contributed by atoms with Crippen LogP contribution >= 0.6 is 0 Å². The van der Waals surface area contributed by atoms with Crippen LogP contribution in [0.4, 0.5) is 0 Å². The van der Waals surface area contributed by atoms with Crippen LogP contribution in [0.1, 0.15) is 32.6 Å². The smallest absolute Gasteiger partial charge is 0.227 e. The van der Waals surface area contributed by atoms with Crippen LogP contribution in [0.3, 0.4) is 0 Å². The summed E-state index contributed by atoms with van der Waals surface area (Å²) in [5, 5.41) is 2.55. The molecule has 18 heavy (non-hydrogen) atoms. The molecule has 3 N–H and O–H groups in total. The zero-order valence-electron chi connectivity index (χ0n) is 11.6. The first-order chi connectivity index (χ1) is 8.47. The summed E-state index contributed by atoms with van der Waals surface area (Å²) in [4.78, 5) is 25.1. The van der Waals surface area contributed by atoms with Gasteiger partial charge in [-0.3, -0.25) is 9.59 Å². The lowest BCUT2D eigenvalue weighted by atomic mass is 9.76. The number of nitrogens with two attached hydrogens (primary N) is 1. The van der Waals surface area contributed by atoms with Gasteiger partial charge in [0.1, 0.15) is 0 Å². The molecule has 1 rings (SSSR count). The van der Waals surface area contributed by atoms with E-state index in [4.69, 9.17) is 5.73 Å². The molecule has 0 bridgehead atoms. The number of carbonyl (C=O) groups is 2. The van der Waals surface area contributed by atoms with E-state index < -0.39 is 0 Å². The second kappa shape index (κ2) is 6.73. The summed E-state index contributed by atoms with van der Waals surface area (Å²) in [5.74, 6) is 0.284. The Labute approximate surface area is 109 Å². The first kappa shape index (κ1) is 15.0. The van der Waals surface area contributed by atoms with Crippen molar-refractivity contribution < 1.29 is 9.59 Å². The van der Waals surface area contributed by atoms with Crippen molar-refractivity contribution in [2.24, 2.45) is 17.6 Å². The molecular weight excluding hydrogens is 230 g/mol. The summed E-state index contributed by atoms with van der Waals surface area (Å²) in [7, 11) is 3.35. The van der Waals surface area contributed by atoms with Gasteiger partial charge in [0.2, 0.25) is 11.8 Å². The van der Waals surface area contributed by atoms with Crippen molar-refractivity contribution in [2.75, 3.05) is 20.6 Å². The van der Waals surface area contributed by atoms with Crippen molar-refractivity contribution in [1.82, 2.24) is 10.2 Å². The van der Waals surface area contributed by atoms with E-state index in [-0.39, 0.29) is 23.8 Å². The predicted octanol–water partition coefficient (Wildman–Crippen LogP) is 0.344. The van der Waals surface area contributed by atoms with Crippen molar-refractivity contribution in [3.63, 3.8) is 0 Å². The van der Waals surface area contributed by atoms with Gasteiger partial charge in [0.15, 0.2) is 0 Å². The number of carbonyl (C=O) groups excluding carboxylic acids is 2. The van der Waals surface area contributed by atoms with Gasteiger partial charge >= 0.3 is 0 Å². The third kappa shape index (κ3) is 3.70. The van der Waals surface area contributed by atoms with Gasteiger partial charge in [-0.1, -0.05) is 13.3 Å². The Bertz CT molecular complexity index is 297. The van der Waals surface area contributed by atoms with Crippen LogP contribution < -0.4 is 11.1 Å². The van der Waals surface area contributed by atoms with E-state index in [2.05, 4.69) is 12.2 Å². The number of rotatable bonds is 4. The van der Waals surface area contributed by atoms with Crippen molar-refractivity contribution in [2.45, 2.75) is 38.6 Å². The number of hydrogen-bond acceptors (Lipinski definition) is 3. The molecule has 1 fully saturated rings. The predicted molar refractivity (Wildman–Crippen MR) is 70.8 cm³/mol. The molecule has 5 nitrogen and oxygen atoms in total. The minimum Gasteiger partial charge on any atom is -0.359 e. The number of nitrogens with zero attached hydrogens (tertiary/aromatic N) is 1. The molecule has 2 amide bonds. The average molecular weight is 255 g/mol. The topological polar surface area (TPSA) is 75.4 Å². The minimum absolute atomic E-state index is 0.0382. The highest BCUT2D eigenvalue weighted by Crippen LogP contribution is 2.30. The maximum absolute atomic E-state index is 12.3. The molecule has 0 aliphatic heterocycles. The molecule has 0 aromatic rings. The highest BCUT2D eigenvalue weighted by Gasteiger charge is 2.35. The Hall–Kier alpha value is -1.10. The minimum atomic E-state index is -0.0894. The Morgan fingerprint density at radius 1 is 1.39 bits per heavy atom. The van der Waals surface area contributed by atoms with E-state index in [1.165, 1.54) is 0 Å². The lowest BCUT2D eigenvalue weighted by Crippen LogP contribution is -2.48. The summed E-state index contributed by atoms with van der Waals surface area (Å²) < 4.78 is 0. The van der Waals surface area contributed by atoms with Crippen molar-refractivity contribution in [3.8, 4) is 0 Å². The quantitative estimate of drug-likeness (QED) is 0.761. The zero-order chi connectivity index (χ0) is 13.7. The molecule has 1 saturated carbocycles. The van der Waals surface area contributed by atoms with Gasteiger partial charge in [-0.05, 0) is 18.8 Å². The van der Waals surface area contributed by atoms with Gasteiger partial charge in [-0.15, -0.1) is 0 Å². The maximum atomic E-state index is 12.3. The summed E-state index contributed by atoms with van der Waals surface area (Å²) in [6, 6.07) is -0.0382. The molecule has 5 heteroatoms. The van der Waals surface area contributed by atoms with Crippen LogP contribution in [0.15, 0.2) is 0 Å². The molecule has 0 spiro atoms. The summed E-state index contributed by atoms with van der Waals surface area (Å²) in [6.07, 6.45) is 3.43. The summed E-state index contributed by atoms with van der Waals surface area (Å²) >= 11 is 0. The van der Waals surface area contributed by atoms with Gasteiger partial charge in [0.05, 0.1) is 5.92 Å². The van der Waals surface area contributed by atoms with Crippen LogP contribution in [-0.4, -0.2) is 43.4 Å². The molecule has 104 valence electrons. The normalized spacial score (nSPS) is 27.7. The molecule has 1 aliphatic carbocycles. The molecule has 3 atom stereocenters. The summed E-state index contributed by atoms with van der Waals surface area (Å²) in [5.41, 5.74) is 6.06. The van der Waals surface area contributed by atoms with Crippen LogP contribution in [-0.2, 0) is 9.59 Å². The number of hydrogen-bond donors (Lipinski definition) is 2. The molecule has 1 aliphatic rings. The first-order valence-electron chi connectivity index (χ1n) is 6.68. The van der Waals surface area contributed by atoms with Gasteiger partial charge in [0.25, 0.3) is 0 Å². The lowest BCUT2D eigenvalue weighted by Gasteiger charge is -2.35. The molecular formula is C13H25N3O2. The Kier molecular flexibility index (Phi) is 5.59. The van der Waals surface area contributed by atoms with E-state index in [0.29, 0.717) is 18.9 Å². The van der Waals surface area contributed by atoms with Crippen LogP contribution in [0.2, 0.25) is 0 Å². The monoisotopic (exact) mass is 255 g/mol. The second-order valence-electron chi connectivity index (χ2n) is 5.28. The molecule has 0 radical (unpaired) electrons. The Morgan fingerprint density at radius 2 is 2.06 bits per heavy atom. The maximum Gasteiger partial charge on any atom is 0.227 e. The molecule has 0 aromatic carbocycles. The molecule has 0 heterocycles. The van der Waals surface area contributed by atoms with Crippen molar-refractivity contribution in [1.29, 1.82) is 0 Å². The average Bonchev–Trinajstić information content (AvgIpc) is 2.34. The highest BCUT2D eigenvalue weighted by molar-refractivity contribution is 5.81. The second-order valence-corrected chi connectivity index (χ2v) is 5.28. The zero-order valence-corrected chi connectivity index (χ0v) is 11.6.